The average molecular weight is 398 g/mol. The molecule has 0 aliphatic heterocycles. The third-order valence-corrected chi connectivity index (χ3v) is 4.32. The Morgan fingerprint density at radius 2 is 1.90 bits per heavy atom. The maximum Gasteiger partial charge on any atom is 0.416 e. The minimum Gasteiger partial charge on any atom is -0.353 e. The third-order valence-electron chi connectivity index (χ3n) is 4.32. The number of nitrogens with zero attached hydrogens (tertiary/aromatic N) is 4. The number of anilines is 1. The summed E-state index contributed by atoms with van der Waals surface area (Å²) < 4.78 is 41.5. The highest BCUT2D eigenvalue weighted by molar-refractivity contribution is 5.81. The van der Waals surface area contributed by atoms with E-state index in [0.717, 1.165) is 12.1 Å². The summed E-state index contributed by atoms with van der Waals surface area (Å²) in [7, 11) is 0. The molecule has 0 aliphatic rings. The van der Waals surface area contributed by atoms with Crippen LogP contribution in [0.1, 0.15) is 5.56 Å². The summed E-state index contributed by atoms with van der Waals surface area (Å²) in [6.45, 7) is 0.912. The minimum atomic E-state index is -4.44. The normalized spacial score (nSPS) is 11.7. The molecule has 0 saturated heterocycles. The third kappa shape index (κ3) is 3.77. The Bertz CT molecular complexity index is 1150. The number of nitrogens with one attached hydrogen (secondary N) is 1. The van der Waals surface area contributed by atoms with Gasteiger partial charge in [-0.05, 0) is 30.3 Å². The second-order valence-corrected chi connectivity index (χ2v) is 6.30. The fourth-order valence-electron chi connectivity index (χ4n) is 3.04. The van der Waals surface area contributed by atoms with Gasteiger partial charge >= 0.3 is 6.18 Å². The SMILES string of the molecule is NCCNc1nccc(-c2c(-c3cccc(C(F)(F)F)c3)nc3ccccn23)n1. The van der Waals surface area contributed by atoms with E-state index in [2.05, 4.69) is 20.3 Å². The second kappa shape index (κ2) is 7.51. The van der Waals surface area contributed by atoms with Crippen molar-refractivity contribution in [3.63, 3.8) is 0 Å². The summed E-state index contributed by atoms with van der Waals surface area (Å²) in [6, 6.07) is 12.2. The van der Waals surface area contributed by atoms with Crippen molar-refractivity contribution in [1.82, 2.24) is 19.4 Å². The Hall–Kier alpha value is -3.46. The summed E-state index contributed by atoms with van der Waals surface area (Å²) in [4.78, 5) is 13.2. The lowest BCUT2D eigenvalue weighted by atomic mass is 10.1. The Morgan fingerprint density at radius 1 is 1.03 bits per heavy atom. The van der Waals surface area contributed by atoms with E-state index in [1.54, 1.807) is 35.0 Å². The lowest BCUT2D eigenvalue weighted by Crippen LogP contribution is -2.14. The summed E-state index contributed by atoms with van der Waals surface area (Å²) >= 11 is 0. The van der Waals surface area contributed by atoms with Crippen molar-refractivity contribution >= 4 is 11.6 Å². The summed E-state index contributed by atoms with van der Waals surface area (Å²) in [5, 5.41) is 3.01. The van der Waals surface area contributed by atoms with Crippen LogP contribution < -0.4 is 11.1 Å². The van der Waals surface area contributed by atoms with Crippen LogP contribution in [0.5, 0.6) is 0 Å². The lowest BCUT2D eigenvalue weighted by molar-refractivity contribution is -0.137. The Morgan fingerprint density at radius 3 is 2.69 bits per heavy atom. The highest BCUT2D eigenvalue weighted by Crippen LogP contribution is 2.36. The first-order chi connectivity index (χ1) is 14.0. The number of hydrogen-bond acceptors (Lipinski definition) is 5. The van der Waals surface area contributed by atoms with E-state index in [0.29, 0.717) is 47.3 Å². The van der Waals surface area contributed by atoms with Gasteiger partial charge in [-0.15, -0.1) is 0 Å². The molecule has 0 fully saturated rings. The molecule has 1 aromatic carbocycles. The summed E-state index contributed by atoms with van der Waals surface area (Å²) in [5.41, 5.74) is 7.26. The molecule has 0 spiro atoms. The van der Waals surface area contributed by atoms with E-state index in [1.165, 1.54) is 6.07 Å². The van der Waals surface area contributed by atoms with E-state index >= 15 is 0 Å². The molecule has 4 rings (SSSR count). The van der Waals surface area contributed by atoms with Crippen molar-refractivity contribution in [2.24, 2.45) is 5.73 Å². The van der Waals surface area contributed by atoms with Gasteiger partial charge in [-0.25, -0.2) is 15.0 Å². The number of alkyl halides is 3. The van der Waals surface area contributed by atoms with Crippen molar-refractivity contribution < 1.29 is 13.2 Å². The van der Waals surface area contributed by atoms with Gasteiger partial charge in [0.15, 0.2) is 0 Å². The van der Waals surface area contributed by atoms with Gasteiger partial charge in [0.1, 0.15) is 5.65 Å². The highest BCUT2D eigenvalue weighted by atomic mass is 19.4. The zero-order valence-corrected chi connectivity index (χ0v) is 15.2. The van der Waals surface area contributed by atoms with Gasteiger partial charge in [-0.1, -0.05) is 18.2 Å². The van der Waals surface area contributed by atoms with E-state index in [1.807, 2.05) is 12.1 Å². The minimum absolute atomic E-state index is 0.355. The first-order valence-corrected chi connectivity index (χ1v) is 8.89. The molecule has 4 aromatic rings. The molecular formula is C20H17F3N6. The van der Waals surface area contributed by atoms with Crippen molar-refractivity contribution in [2.75, 3.05) is 18.4 Å². The molecule has 0 aliphatic carbocycles. The van der Waals surface area contributed by atoms with Crippen LogP contribution in [-0.2, 0) is 6.18 Å². The standard InChI is InChI=1S/C20H17F3N6/c21-20(22,23)14-5-3-4-13(12-14)17-18(29-11-2-1-6-16(29)28-17)15-7-9-25-19(27-15)26-10-8-24/h1-7,9,11-12H,8,10,24H2,(H,25,26,27). The molecule has 148 valence electrons. The zero-order chi connectivity index (χ0) is 20.4. The van der Waals surface area contributed by atoms with Crippen LogP contribution in [0.25, 0.3) is 28.3 Å². The van der Waals surface area contributed by atoms with E-state index in [4.69, 9.17) is 5.73 Å². The molecule has 3 heterocycles. The number of benzene rings is 1. The quantitative estimate of drug-likeness (QED) is 0.534. The number of halogens is 3. The number of fused-ring (bicyclic) bond motifs is 1. The topological polar surface area (TPSA) is 81.1 Å². The largest absolute Gasteiger partial charge is 0.416 e. The predicted octanol–water partition coefficient (Wildman–Crippen LogP) is 3.85. The molecule has 29 heavy (non-hydrogen) atoms. The fourth-order valence-corrected chi connectivity index (χ4v) is 3.04. The van der Waals surface area contributed by atoms with Crippen molar-refractivity contribution in [3.8, 4) is 22.6 Å². The van der Waals surface area contributed by atoms with Gasteiger partial charge in [-0.3, -0.25) is 4.40 Å². The van der Waals surface area contributed by atoms with Crippen molar-refractivity contribution in [2.45, 2.75) is 6.18 Å². The van der Waals surface area contributed by atoms with Crippen LogP contribution in [0.3, 0.4) is 0 Å². The number of hydrogen-bond donors (Lipinski definition) is 2. The van der Waals surface area contributed by atoms with Gasteiger partial charge in [0.25, 0.3) is 0 Å². The van der Waals surface area contributed by atoms with Crippen LogP contribution in [0.15, 0.2) is 60.9 Å². The maximum atomic E-state index is 13.2. The second-order valence-electron chi connectivity index (χ2n) is 6.30. The number of nitrogens with two attached hydrogens (primary N) is 1. The molecule has 0 bridgehead atoms. The first-order valence-electron chi connectivity index (χ1n) is 8.89. The average Bonchev–Trinajstić information content (AvgIpc) is 3.11. The Kier molecular flexibility index (Phi) is 4.89. The van der Waals surface area contributed by atoms with Crippen LogP contribution in [0, 0.1) is 0 Å². The fraction of sp³-hybridized carbons (Fsp3) is 0.150. The van der Waals surface area contributed by atoms with Gasteiger partial charge < -0.3 is 11.1 Å². The van der Waals surface area contributed by atoms with E-state index in [9.17, 15) is 13.2 Å². The molecule has 0 radical (unpaired) electrons. The first kappa shape index (κ1) is 18.9. The molecule has 3 aromatic heterocycles. The van der Waals surface area contributed by atoms with Crippen LogP contribution >= 0.6 is 0 Å². The highest BCUT2D eigenvalue weighted by Gasteiger charge is 2.31. The van der Waals surface area contributed by atoms with Gasteiger partial charge in [0.2, 0.25) is 5.95 Å². The van der Waals surface area contributed by atoms with Crippen LogP contribution in [0.4, 0.5) is 19.1 Å². The number of aromatic nitrogens is 4. The zero-order valence-electron chi connectivity index (χ0n) is 15.2. The molecular weight excluding hydrogens is 381 g/mol. The van der Waals surface area contributed by atoms with Gasteiger partial charge in [0.05, 0.1) is 22.6 Å². The monoisotopic (exact) mass is 398 g/mol. The van der Waals surface area contributed by atoms with E-state index in [-0.39, 0.29) is 0 Å². The van der Waals surface area contributed by atoms with Crippen molar-refractivity contribution in [3.05, 3.63) is 66.5 Å². The van der Waals surface area contributed by atoms with Crippen molar-refractivity contribution in [1.29, 1.82) is 0 Å². The van der Waals surface area contributed by atoms with Crippen LogP contribution in [0.2, 0.25) is 0 Å². The molecule has 9 heteroatoms. The van der Waals surface area contributed by atoms with Crippen LogP contribution in [-0.4, -0.2) is 32.4 Å². The number of pyridine rings is 1. The molecule has 0 amide bonds. The number of rotatable bonds is 5. The van der Waals surface area contributed by atoms with Gasteiger partial charge in [0, 0.05) is 31.0 Å². The molecule has 0 saturated carbocycles. The Balaban J connectivity index is 1.91. The number of imidazole rings is 1. The summed E-state index contributed by atoms with van der Waals surface area (Å²) in [5.74, 6) is 0.383. The smallest absolute Gasteiger partial charge is 0.353 e. The van der Waals surface area contributed by atoms with E-state index < -0.39 is 11.7 Å². The lowest BCUT2D eigenvalue weighted by Gasteiger charge is -2.10. The molecule has 0 unspecified atom stereocenters. The Labute approximate surface area is 164 Å². The molecule has 6 nitrogen and oxygen atoms in total. The molecule has 3 N–H and O–H groups in total. The molecule has 0 atom stereocenters. The van der Waals surface area contributed by atoms with Gasteiger partial charge in [-0.2, -0.15) is 13.2 Å². The summed E-state index contributed by atoms with van der Waals surface area (Å²) in [6.07, 6.45) is -1.06. The maximum absolute atomic E-state index is 13.2. The predicted molar refractivity (Wildman–Crippen MR) is 104 cm³/mol.